The van der Waals surface area contributed by atoms with Gasteiger partial charge in [-0.25, -0.2) is 4.98 Å². The second-order valence-electron chi connectivity index (χ2n) is 6.75. The molecule has 1 saturated heterocycles. The fraction of sp³-hybridized carbons (Fsp3) is 0.450. The SMILES string of the molecule is Cc1ccc(NC(=O)CN2CCCCC2CCc2ccccn2)nc1. The highest BCUT2D eigenvalue weighted by Gasteiger charge is 2.24. The monoisotopic (exact) mass is 338 g/mol. The Bertz CT molecular complexity index is 672. The zero-order chi connectivity index (χ0) is 17.5. The molecule has 0 aliphatic carbocycles. The Morgan fingerprint density at radius 3 is 2.92 bits per heavy atom. The second-order valence-corrected chi connectivity index (χ2v) is 6.75. The first kappa shape index (κ1) is 17.5. The Kier molecular flexibility index (Phi) is 6.12. The molecule has 0 aromatic carbocycles. The fourth-order valence-electron chi connectivity index (χ4n) is 3.36. The molecule has 0 bridgehead atoms. The van der Waals surface area contributed by atoms with Crippen LogP contribution in [-0.4, -0.2) is 39.9 Å². The van der Waals surface area contributed by atoms with E-state index in [4.69, 9.17) is 0 Å². The van der Waals surface area contributed by atoms with E-state index < -0.39 is 0 Å². The minimum absolute atomic E-state index is 0.0149. The van der Waals surface area contributed by atoms with Gasteiger partial charge in [0.15, 0.2) is 0 Å². The van der Waals surface area contributed by atoms with Crippen molar-refractivity contribution in [1.29, 1.82) is 0 Å². The summed E-state index contributed by atoms with van der Waals surface area (Å²) < 4.78 is 0. The lowest BCUT2D eigenvalue weighted by Crippen LogP contribution is -2.44. The number of aromatic nitrogens is 2. The Labute approximate surface area is 149 Å². The maximum absolute atomic E-state index is 12.4. The van der Waals surface area contributed by atoms with Crippen molar-refractivity contribution in [2.45, 2.75) is 45.1 Å². The first-order valence-electron chi connectivity index (χ1n) is 9.07. The molecule has 2 aromatic heterocycles. The fourth-order valence-corrected chi connectivity index (χ4v) is 3.36. The Balaban J connectivity index is 1.53. The maximum atomic E-state index is 12.4. The summed E-state index contributed by atoms with van der Waals surface area (Å²) in [6.45, 7) is 3.41. The van der Waals surface area contributed by atoms with E-state index in [1.54, 1.807) is 6.20 Å². The highest BCUT2D eigenvalue weighted by molar-refractivity contribution is 5.91. The van der Waals surface area contributed by atoms with Crippen LogP contribution in [0.2, 0.25) is 0 Å². The van der Waals surface area contributed by atoms with Gasteiger partial charge in [0.1, 0.15) is 5.82 Å². The smallest absolute Gasteiger partial charge is 0.239 e. The van der Waals surface area contributed by atoms with Crippen LogP contribution in [0.3, 0.4) is 0 Å². The lowest BCUT2D eigenvalue weighted by molar-refractivity contribution is -0.118. The molecule has 3 rings (SSSR count). The predicted molar refractivity (Wildman–Crippen MR) is 99.4 cm³/mol. The van der Waals surface area contributed by atoms with Crippen LogP contribution in [0.25, 0.3) is 0 Å². The van der Waals surface area contributed by atoms with E-state index in [1.165, 1.54) is 6.42 Å². The van der Waals surface area contributed by atoms with Gasteiger partial charge in [-0.3, -0.25) is 14.7 Å². The molecule has 1 fully saturated rings. The molecule has 1 aliphatic heterocycles. The third-order valence-corrected chi connectivity index (χ3v) is 4.73. The van der Waals surface area contributed by atoms with Crippen LogP contribution in [0, 0.1) is 6.92 Å². The molecule has 0 saturated carbocycles. The van der Waals surface area contributed by atoms with Crippen molar-refractivity contribution in [3.05, 3.63) is 54.0 Å². The summed E-state index contributed by atoms with van der Waals surface area (Å²) in [7, 11) is 0. The molecule has 1 aliphatic rings. The van der Waals surface area contributed by atoms with Crippen LogP contribution >= 0.6 is 0 Å². The number of carbonyl (C=O) groups is 1. The lowest BCUT2D eigenvalue weighted by atomic mass is 9.97. The highest BCUT2D eigenvalue weighted by Crippen LogP contribution is 2.21. The standard InChI is InChI=1S/C20H26N4O/c1-16-8-11-19(22-14-16)23-20(25)15-24-13-5-3-7-18(24)10-9-17-6-2-4-12-21-17/h2,4,6,8,11-12,14,18H,3,5,7,9-10,13,15H2,1H3,(H,22,23,25). The van der Waals surface area contributed by atoms with Crippen LogP contribution in [0.15, 0.2) is 42.7 Å². The molecule has 2 aromatic rings. The second kappa shape index (κ2) is 8.72. The normalized spacial score (nSPS) is 18.0. The topological polar surface area (TPSA) is 58.1 Å². The Morgan fingerprint density at radius 2 is 2.16 bits per heavy atom. The summed E-state index contributed by atoms with van der Waals surface area (Å²) in [4.78, 5) is 23.3. The number of hydrogen-bond donors (Lipinski definition) is 1. The van der Waals surface area contributed by atoms with E-state index in [-0.39, 0.29) is 5.91 Å². The van der Waals surface area contributed by atoms with E-state index in [9.17, 15) is 4.79 Å². The molecule has 0 spiro atoms. The van der Waals surface area contributed by atoms with Gasteiger partial charge in [-0.15, -0.1) is 0 Å². The summed E-state index contributed by atoms with van der Waals surface area (Å²) in [5.41, 5.74) is 2.21. The largest absolute Gasteiger partial charge is 0.310 e. The van der Waals surface area contributed by atoms with Crippen molar-refractivity contribution in [2.75, 3.05) is 18.4 Å². The zero-order valence-electron chi connectivity index (χ0n) is 14.8. The molecular weight excluding hydrogens is 312 g/mol. The molecule has 25 heavy (non-hydrogen) atoms. The summed E-state index contributed by atoms with van der Waals surface area (Å²) in [6.07, 6.45) is 9.18. The molecule has 5 heteroatoms. The zero-order valence-corrected chi connectivity index (χ0v) is 14.8. The van der Waals surface area contributed by atoms with E-state index in [0.717, 1.165) is 43.5 Å². The molecule has 0 radical (unpaired) electrons. The number of hydrogen-bond acceptors (Lipinski definition) is 4. The van der Waals surface area contributed by atoms with Gasteiger partial charge in [0, 0.05) is 24.1 Å². The number of nitrogens with one attached hydrogen (secondary N) is 1. The van der Waals surface area contributed by atoms with Gasteiger partial charge in [0.25, 0.3) is 0 Å². The maximum Gasteiger partial charge on any atom is 0.239 e. The quantitative estimate of drug-likeness (QED) is 0.879. The van der Waals surface area contributed by atoms with E-state index >= 15 is 0 Å². The van der Waals surface area contributed by atoms with Crippen LogP contribution in [-0.2, 0) is 11.2 Å². The predicted octanol–water partition coefficient (Wildman–Crippen LogP) is 3.21. The lowest BCUT2D eigenvalue weighted by Gasteiger charge is -2.35. The third kappa shape index (κ3) is 5.36. The van der Waals surface area contributed by atoms with E-state index in [2.05, 4.69) is 26.3 Å². The number of aryl methyl sites for hydroxylation is 2. The van der Waals surface area contributed by atoms with Crippen molar-refractivity contribution >= 4 is 11.7 Å². The van der Waals surface area contributed by atoms with Gasteiger partial charge in [-0.1, -0.05) is 18.6 Å². The number of likely N-dealkylation sites (tertiary alicyclic amines) is 1. The Hall–Kier alpha value is -2.27. The summed E-state index contributed by atoms with van der Waals surface area (Å²) in [5, 5.41) is 2.91. The number of carbonyl (C=O) groups excluding carboxylic acids is 1. The third-order valence-electron chi connectivity index (χ3n) is 4.73. The average Bonchev–Trinajstić information content (AvgIpc) is 2.64. The molecule has 132 valence electrons. The number of rotatable bonds is 6. The van der Waals surface area contributed by atoms with E-state index in [1.807, 2.05) is 37.4 Å². The summed E-state index contributed by atoms with van der Waals surface area (Å²) >= 11 is 0. The first-order valence-corrected chi connectivity index (χ1v) is 9.07. The van der Waals surface area contributed by atoms with Gasteiger partial charge >= 0.3 is 0 Å². The van der Waals surface area contributed by atoms with Gasteiger partial charge < -0.3 is 5.32 Å². The average molecular weight is 338 g/mol. The van der Waals surface area contributed by atoms with Crippen molar-refractivity contribution in [3.63, 3.8) is 0 Å². The number of nitrogens with zero attached hydrogens (tertiary/aromatic N) is 3. The van der Waals surface area contributed by atoms with Crippen LogP contribution < -0.4 is 5.32 Å². The van der Waals surface area contributed by atoms with Gasteiger partial charge in [0.05, 0.1) is 6.54 Å². The molecular formula is C20H26N4O. The van der Waals surface area contributed by atoms with Gasteiger partial charge in [0.2, 0.25) is 5.91 Å². The molecule has 5 nitrogen and oxygen atoms in total. The molecule has 1 atom stereocenters. The van der Waals surface area contributed by atoms with Crippen molar-refractivity contribution in [3.8, 4) is 0 Å². The summed E-state index contributed by atoms with van der Waals surface area (Å²) in [5.74, 6) is 0.638. The van der Waals surface area contributed by atoms with Crippen molar-refractivity contribution in [1.82, 2.24) is 14.9 Å². The van der Waals surface area contributed by atoms with Crippen molar-refractivity contribution < 1.29 is 4.79 Å². The van der Waals surface area contributed by atoms with E-state index in [0.29, 0.717) is 18.4 Å². The van der Waals surface area contributed by atoms with Crippen molar-refractivity contribution in [2.24, 2.45) is 0 Å². The van der Waals surface area contributed by atoms with Crippen LogP contribution in [0.1, 0.15) is 36.9 Å². The number of piperidine rings is 1. The Morgan fingerprint density at radius 1 is 1.24 bits per heavy atom. The number of amides is 1. The van der Waals surface area contributed by atoms with Gasteiger partial charge in [-0.05, 0) is 62.9 Å². The summed E-state index contributed by atoms with van der Waals surface area (Å²) in [6, 6.07) is 10.3. The minimum Gasteiger partial charge on any atom is -0.310 e. The number of pyridine rings is 2. The molecule has 1 unspecified atom stereocenters. The van der Waals surface area contributed by atoms with Gasteiger partial charge in [-0.2, -0.15) is 0 Å². The molecule has 1 N–H and O–H groups in total. The highest BCUT2D eigenvalue weighted by atomic mass is 16.2. The van der Waals surface area contributed by atoms with Crippen LogP contribution in [0.4, 0.5) is 5.82 Å². The molecule has 1 amide bonds. The van der Waals surface area contributed by atoms with Crippen LogP contribution in [0.5, 0.6) is 0 Å². The number of anilines is 1. The minimum atomic E-state index is 0.0149. The molecule has 3 heterocycles. The first-order chi connectivity index (χ1) is 12.2.